The number of anilines is 3. The van der Waals surface area contributed by atoms with Crippen LogP contribution in [0.5, 0.6) is 0 Å². The van der Waals surface area contributed by atoms with Gasteiger partial charge < -0.3 is 13.7 Å². The van der Waals surface area contributed by atoms with E-state index in [1.165, 1.54) is 0 Å². The van der Waals surface area contributed by atoms with E-state index in [9.17, 15) is 19.2 Å². The van der Waals surface area contributed by atoms with E-state index in [4.69, 9.17) is 0 Å². The van der Waals surface area contributed by atoms with Crippen LogP contribution in [-0.4, -0.2) is 8.80 Å². The minimum atomic E-state index is -0.176. The molecule has 59 heavy (non-hydrogen) atoms. The Bertz CT molecular complexity index is 3790. The minimum absolute atomic E-state index is 0.106. The highest BCUT2D eigenvalue weighted by Gasteiger charge is 2.23. The van der Waals surface area contributed by atoms with Crippen molar-refractivity contribution in [1.82, 2.24) is 8.80 Å². The highest BCUT2D eigenvalue weighted by Crippen LogP contribution is 2.43. The molecule has 0 unspecified atom stereocenters. The molecule has 0 aliphatic carbocycles. The summed E-state index contributed by atoms with van der Waals surface area (Å²) in [5.74, 6) is 0. The molecule has 0 N–H and O–H groups in total. The van der Waals surface area contributed by atoms with E-state index in [1.807, 2.05) is 130 Å². The number of pyridine rings is 4. The van der Waals surface area contributed by atoms with Gasteiger partial charge >= 0.3 is 0 Å². The van der Waals surface area contributed by atoms with E-state index in [-0.39, 0.29) is 21.7 Å². The van der Waals surface area contributed by atoms with Crippen molar-refractivity contribution in [2.75, 3.05) is 4.90 Å². The van der Waals surface area contributed by atoms with Gasteiger partial charge in [-0.15, -0.1) is 0 Å². The fraction of sp³-hybridized carbons (Fsp3) is 0. The number of para-hydroxylation sites is 5. The Balaban J connectivity index is 1.19. The zero-order chi connectivity index (χ0) is 39.5. The van der Waals surface area contributed by atoms with Gasteiger partial charge in [0.25, 0.3) is 0 Å². The van der Waals surface area contributed by atoms with E-state index in [2.05, 4.69) is 23.1 Å². The second-order valence-corrected chi connectivity index (χ2v) is 15.0. The summed E-state index contributed by atoms with van der Waals surface area (Å²) >= 11 is 0. The van der Waals surface area contributed by atoms with Gasteiger partial charge in [-0.25, -0.2) is 0 Å². The Morgan fingerprint density at radius 3 is 1.22 bits per heavy atom. The molecule has 0 spiro atoms. The largest absolute Gasteiger partial charge is 0.310 e. The quantitative estimate of drug-likeness (QED) is 0.132. The third-order valence-corrected chi connectivity index (χ3v) is 12.0. The average Bonchev–Trinajstić information content (AvgIpc) is 3.29. The molecule has 0 bridgehead atoms. The zero-order valence-corrected chi connectivity index (χ0v) is 31.2. The van der Waals surface area contributed by atoms with Gasteiger partial charge in [-0.2, -0.15) is 0 Å². The van der Waals surface area contributed by atoms with Gasteiger partial charge in [-0.05, 0) is 96.6 Å². The van der Waals surface area contributed by atoms with Crippen LogP contribution in [0.1, 0.15) is 0 Å². The number of aromatic nitrogens is 2. The Morgan fingerprint density at radius 2 is 0.712 bits per heavy atom. The van der Waals surface area contributed by atoms with Crippen LogP contribution in [0.4, 0.5) is 17.1 Å². The maximum Gasteiger partial charge on any atom is 0.197 e. The average molecular weight is 760 g/mol. The van der Waals surface area contributed by atoms with Gasteiger partial charge in [-0.1, -0.05) is 84.9 Å². The van der Waals surface area contributed by atoms with Crippen molar-refractivity contribution in [1.29, 1.82) is 0 Å². The molecule has 276 valence electrons. The van der Waals surface area contributed by atoms with Crippen LogP contribution >= 0.6 is 0 Å². The summed E-state index contributed by atoms with van der Waals surface area (Å²) < 4.78 is 4.07. The topological polar surface area (TPSA) is 80.3 Å². The fourth-order valence-corrected chi connectivity index (χ4v) is 9.38. The Labute approximate surface area is 333 Å². The molecule has 12 rings (SSSR count). The Hall–Kier alpha value is -8.16. The molecule has 0 atom stereocenters. The summed E-state index contributed by atoms with van der Waals surface area (Å²) in [4.78, 5) is 58.8. The van der Waals surface area contributed by atoms with Crippen LogP contribution in [0.2, 0.25) is 0 Å². The highest BCUT2D eigenvalue weighted by atomic mass is 16.1. The summed E-state index contributed by atoms with van der Waals surface area (Å²) in [5.41, 5.74) is 7.68. The molecule has 7 heteroatoms. The van der Waals surface area contributed by atoms with Crippen LogP contribution in [0.3, 0.4) is 0 Å². The number of hydrogen-bond donors (Lipinski definition) is 0. The summed E-state index contributed by atoms with van der Waals surface area (Å²) in [6.07, 6.45) is 0. The molecule has 4 aromatic heterocycles. The second kappa shape index (κ2) is 12.2. The molecule has 8 aromatic carbocycles. The van der Waals surface area contributed by atoms with Crippen LogP contribution in [0.15, 0.2) is 195 Å². The van der Waals surface area contributed by atoms with E-state index in [0.717, 1.165) is 27.8 Å². The first-order valence-corrected chi connectivity index (χ1v) is 19.4. The van der Waals surface area contributed by atoms with Gasteiger partial charge in [-0.3, -0.25) is 19.2 Å². The lowest BCUT2D eigenvalue weighted by molar-refractivity contribution is 1.27. The van der Waals surface area contributed by atoms with Gasteiger partial charge in [0.2, 0.25) is 0 Å². The monoisotopic (exact) mass is 759 g/mol. The highest BCUT2D eigenvalue weighted by molar-refractivity contribution is 6.10. The Morgan fingerprint density at radius 1 is 0.322 bits per heavy atom. The van der Waals surface area contributed by atoms with Crippen molar-refractivity contribution >= 4 is 93.3 Å². The van der Waals surface area contributed by atoms with E-state index in [0.29, 0.717) is 76.5 Å². The lowest BCUT2D eigenvalue weighted by Crippen LogP contribution is -2.16. The fourth-order valence-electron chi connectivity index (χ4n) is 9.38. The lowest BCUT2D eigenvalue weighted by Gasteiger charge is -2.28. The third kappa shape index (κ3) is 4.52. The molecule has 0 aliphatic heterocycles. The number of benzene rings is 8. The molecule has 0 amide bonds. The van der Waals surface area contributed by atoms with E-state index < -0.39 is 0 Å². The predicted molar refractivity (Wildman–Crippen MR) is 241 cm³/mol. The molecule has 7 nitrogen and oxygen atoms in total. The molecule has 0 saturated heterocycles. The Kier molecular flexibility index (Phi) is 6.81. The normalized spacial score (nSPS) is 12.0. The maximum atomic E-state index is 14.6. The van der Waals surface area contributed by atoms with Crippen LogP contribution < -0.4 is 26.6 Å². The summed E-state index contributed by atoms with van der Waals surface area (Å²) in [6, 6.07) is 55.7. The number of nitrogens with zero attached hydrogens (tertiary/aromatic N) is 3. The standard InChI is InChI=1S/C52H29N3O4/c56-49-34-15-5-8-22-43(34)54-45-26-24-31(28-40(45)51(58)38-19-10-17-36(49)47(38)54)53(42-21-7-4-14-33(42)30-12-2-1-3-13-30)32-25-27-46-41(29-32)52(59)39-20-11-18-37-48(39)55(46)44-23-9-6-16-35(44)50(37)57/h1-29H. The third-order valence-electron chi connectivity index (χ3n) is 12.0. The molecule has 4 heterocycles. The van der Waals surface area contributed by atoms with Crippen molar-refractivity contribution in [2.24, 2.45) is 0 Å². The lowest BCUT2D eigenvalue weighted by atomic mass is 10.00. The van der Waals surface area contributed by atoms with Crippen LogP contribution in [0.25, 0.3) is 87.3 Å². The summed E-state index contributed by atoms with van der Waals surface area (Å²) in [5, 5.41) is 4.05. The first-order valence-electron chi connectivity index (χ1n) is 19.4. The van der Waals surface area contributed by atoms with Crippen molar-refractivity contribution in [3.05, 3.63) is 217 Å². The first-order chi connectivity index (χ1) is 29.0. The number of rotatable bonds is 4. The van der Waals surface area contributed by atoms with Gasteiger partial charge in [0.05, 0.1) is 38.8 Å². The van der Waals surface area contributed by atoms with Crippen molar-refractivity contribution in [3.63, 3.8) is 0 Å². The molecular formula is C52H29N3O4. The summed E-state index contributed by atoms with van der Waals surface area (Å²) in [7, 11) is 0. The zero-order valence-electron chi connectivity index (χ0n) is 31.2. The second-order valence-electron chi connectivity index (χ2n) is 15.0. The smallest absolute Gasteiger partial charge is 0.197 e. The van der Waals surface area contributed by atoms with Gasteiger partial charge in [0.1, 0.15) is 0 Å². The van der Waals surface area contributed by atoms with Crippen LogP contribution in [-0.2, 0) is 0 Å². The summed E-state index contributed by atoms with van der Waals surface area (Å²) in [6.45, 7) is 0. The molecule has 0 saturated carbocycles. The minimum Gasteiger partial charge on any atom is -0.310 e. The van der Waals surface area contributed by atoms with Gasteiger partial charge in [0, 0.05) is 60.0 Å². The molecule has 0 aliphatic rings. The number of fused-ring (bicyclic) bond motifs is 8. The van der Waals surface area contributed by atoms with Crippen molar-refractivity contribution in [3.8, 4) is 11.1 Å². The molecule has 12 aromatic rings. The molecule has 0 radical (unpaired) electrons. The van der Waals surface area contributed by atoms with E-state index >= 15 is 0 Å². The van der Waals surface area contributed by atoms with Crippen molar-refractivity contribution in [2.45, 2.75) is 0 Å². The first kappa shape index (κ1) is 33.0. The molecular weight excluding hydrogens is 731 g/mol. The SMILES string of the molecule is O=c1c2ccccc2n2c3ccc(N(c4ccc5c(c4)c(=O)c4cccc6c(=O)c7ccccc7n5c64)c4ccccc4-c4ccccc4)cc3c(=O)c3cccc1c32. The molecule has 0 fully saturated rings. The van der Waals surface area contributed by atoms with E-state index in [1.54, 1.807) is 36.4 Å². The maximum absolute atomic E-state index is 14.6. The number of hydrogen-bond acceptors (Lipinski definition) is 5. The predicted octanol–water partition coefficient (Wildman–Crippen LogP) is 10.6. The van der Waals surface area contributed by atoms with Crippen LogP contribution in [0, 0.1) is 0 Å². The van der Waals surface area contributed by atoms with Crippen molar-refractivity contribution < 1.29 is 0 Å². The van der Waals surface area contributed by atoms with Gasteiger partial charge in [0.15, 0.2) is 21.7 Å².